The number of amides is 2. The number of thioether (sulfide) groups is 2. The molecule has 0 saturated carbocycles. The fourth-order valence-electron chi connectivity index (χ4n) is 4.57. The summed E-state index contributed by atoms with van der Waals surface area (Å²) < 4.78 is 2.72. The van der Waals surface area contributed by atoms with Gasteiger partial charge in [0.15, 0.2) is 15.2 Å². The van der Waals surface area contributed by atoms with Gasteiger partial charge in [-0.25, -0.2) is 19.7 Å². The van der Waals surface area contributed by atoms with Crippen molar-refractivity contribution >= 4 is 74.8 Å². The lowest BCUT2D eigenvalue weighted by Crippen LogP contribution is -2.71. The number of nitrogens with two attached hydrogens (primary N) is 1. The van der Waals surface area contributed by atoms with Crippen LogP contribution < -0.4 is 11.1 Å². The molecule has 0 aromatic carbocycles. The Hall–Kier alpha value is -4.26. The van der Waals surface area contributed by atoms with Gasteiger partial charge in [-0.2, -0.15) is 0 Å². The predicted molar refractivity (Wildman–Crippen MR) is 167 cm³/mol. The molecule has 1 fully saturated rings. The molecule has 18 heteroatoms. The predicted octanol–water partition coefficient (Wildman–Crippen LogP) is 2.37. The van der Waals surface area contributed by atoms with Gasteiger partial charge in [0.2, 0.25) is 0 Å². The van der Waals surface area contributed by atoms with E-state index >= 15 is 0 Å². The highest BCUT2D eigenvalue weighted by Gasteiger charge is 2.54. The number of carboxylic acid groups (broad SMARTS) is 1. The summed E-state index contributed by atoms with van der Waals surface area (Å²) in [5, 5.41) is 19.6. The number of aliphatic carboxylic acids is 1. The van der Waals surface area contributed by atoms with Crippen molar-refractivity contribution in [3.05, 3.63) is 70.5 Å². The summed E-state index contributed by atoms with van der Waals surface area (Å²) in [5.41, 5.74) is 8.89. The van der Waals surface area contributed by atoms with E-state index in [4.69, 9.17) is 10.6 Å². The molecule has 4 N–H and O–H groups in total. The molecule has 6 heterocycles. The maximum Gasteiger partial charge on any atom is 0.352 e. The van der Waals surface area contributed by atoms with Crippen molar-refractivity contribution in [1.82, 2.24) is 34.7 Å². The molecule has 4 aromatic rings. The number of nitrogens with zero attached hydrogens (tertiary/aromatic N) is 7. The molecular formula is C26H23N9O5S4. The number of carbonyl (C=O) groups is 3. The quantitative estimate of drug-likeness (QED) is 0.0916. The second kappa shape index (κ2) is 12.8. The number of carboxylic acids is 1. The summed E-state index contributed by atoms with van der Waals surface area (Å²) in [4.78, 5) is 61.7. The Balaban J connectivity index is 1.09. The van der Waals surface area contributed by atoms with Gasteiger partial charge < -0.3 is 25.6 Å². The van der Waals surface area contributed by atoms with Crippen LogP contribution in [-0.2, 0) is 25.8 Å². The molecule has 6 rings (SSSR count). The molecule has 2 atom stereocenters. The van der Waals surface area contributed by atoms with Gasteiger partial charge >= 0.3 is 5.97 Å². The molecule has 0 radical (unpaired) electrons. The number of anilines is 1. The van der Waals surface area contributed by atoms with Crippen LogP contribution in [0.2, 0.25) is 0 Å². The van der Waals surface area contributed by atoms with E-state index in [-0.39, 0.29) is 22.2 Å². The van der Waals surface area contributed by atoms with Crippen molar-refractivity contribution in [3.63, 3.8) is 0 Å². The van der Waals surface area contributed by atoms with E-state index in [1.807, 2.05) is 28.3 Å². The number of hydrogen-bond acceptors (Lipinski definition) is 14. The lowest BCUT2D eigenvalue weighted by Gasteiger charge is -2.49. The molecule has 44 heavy (non-hydrogen) atoms. The average molecular weight is 670 g/mol. The van der Waals surface area contributed by atoms with E-state index < -0.39 is 29.2 Å². The first-order valence-electron chi connectivity index (χ1n) is 12.8. The van der Waals surface area contributed by atoms with Gasteiger partial charge in [-0.05, 0) is 17.7 Å². The number of rotatable bonds is 11. The van der Waals surface area contributed by atoms with Gasteiger partial charge in [0.25, 0.3) is 11.8 Å². The van der Waals surface area contributed by atoms with Crippen molar-refractivity contribution in [2.24, 2.45) is 5.16 Å². The van der Waals surface area contributed by atoms with Gasteiger partial charge in [-0.1, -0.05) is 16.9 Å². The lowest BCUT2D eigenvalue weighted by molar-refractivity contribution is -0.150. The van der Waals surface area contributed by atoms with Crippen LogP contribution >= 0.6 is 46.2 Å². The monoisotopic (exact) mass is 669 g/mol. The highest BCUT2D eigenvalue weighted by Crippen LogP contribution is 2.42. The summed E-state index contributed by atoms with van der Waals surface area (Å²) in [6.45, 7) is 0.535. The average Bonchev–Trinajstić information content (AvgIpc) is 3.79. The van der Waals surface area contributed by atoms with E-state index in [0.717, 1.165) is 32.6 Å². The number of hydrogen-bond donors (Lipinski definition) is 3. The minimum absolute atomic E-state index is 0.0621. The fourth-order valence-corrected chi connectivity index (χ4v) is 8.44. The van der Waals surface area contributed by atoms with Crippen molar-refractivity contribution in [1.29, 1.82) is 0 Å². The molecule has 0 unspecified atom stereocenters. The Morgan fingerprint density at radius 3 is 2.89 bits per heavy atom. The van der Waals surface area contributed by atoms with Gasteiger partial charge in [-0.3, -0.25) is 19.5 Å². The normalized spacial score (nSPS) is 18.2. The largest absolute Gasteiger partial charge is 0.477 e. The highest BCUT2D eigenvalue weighted by molar-refractivity contribution is 8.01. The molecule has 2 aliphatic rings. The summed E-state index contributed by atoms with van der Waals surface area (Å²) in [5.74, 6) is -1.68. The Labute approximate surface area is 266 Å². The molecule has 0 bridgehead atoms. The first kappa shape index (κ1) is 29.8. The summed E-state index contributed by atoms with van der Waals surface area (Å²) in [6, 6.07) is 2.87. The molecule has 226 valence electrons. The van der Waals surface area contributed by atoms with Crippen LogP contribution in [0.25, 0.3) is 11.3 Å². The van der Waals surface area contributed by atoms with Crippen LogP contribution in [0.4, 0.5) is 5.13 Å². The second-order valence-electron chi connectivity index (χ2n) is 9.38. The Bertz CT molecular complexity index is 1780. The van der Waals surface area contributed by atoms with E-state index in [1.54, 1.807) is 24.1 Å². The molecule has 0 aliphatic carbocycles. The van der Waals surface area contributed by atoms with Crippen LogP contribution in [0.5, 0.6) is 0 Å². The summed E-state index contributed by atoms with van der Waals surface area (Å²) >= 11 is 5.40. The zero-order chi connectivity index (χ0) is 30.8. The zero-order valence-electron chi connectivity index (χ0n) is 22.8. The molecule has 2 amide bonds. The third-order valence-electron chi connectivity index (χ3n) is 6.53. The first-order valence-corrected chi connectivity index (χ1v) is 16.6. The first-order chi connectivity index (χ1) is 21.3. The van der Waals surface area contributed by atoms with E-state index in [1.165, 1.54) is 46.9 Å². The van der Waals surface area contributed by atoms with Crippen molar-refractivity contribution in [3.8, 4) is 11.3 Å². The standard InChI is InChI=1S/C26H23N9O5S4/c1-40-33-18(17-11-42-25(27)31-17)21(36)32-19-22(37)35-20(24(38)39)14(8-41-23(19)35)9-43-26-30-15(10-44-26)6-34-7-16(29-12-34)13-3-2-4-28-5-13/h2-5,7,10-12,19,23H,6,8-9H2,1H3,(H2,27,31)(H,32,36)(H,38,39)/b33-18+/t19-,23-/m1/s1. The van der Waals surface area contributed by atoms with Crippen molar-refractivity contribution in [2.45, 2.75) is 22.3 Å². The number of pyridine rings is 1. The maximum atomic E-state index is 13.1. The summed E-state index contributed by atoms with van der Waals surface area (Å²) in [7, 11) is 1.28. The minimum atomic E-state index is -1.20. The van der Waals surface area contributed by atoms with Crippen molar-refractivity contribution < 1.29 is 24.3 Å². The lowest BCUT2D eigenvalue weighted by atomic mass is 10.0. The van der Waals surface area contributed by atoms with Gasteiger partial charge in [0.05, 0.1) is 24.3 Å². The SMILES string of the molecule is CO/N=C(/C(=O)N[C@@H]1C(=O)N2C(C(=O)O)=C(CSc3nc(Cn4cnc(-c5cccnc5)c4)cs3)CS[C@H]12)c1csc(N)n1. The number of carbonyl (C=O) groups excluding carboxylic acids is 2. The number of nitrogens with one attached hydrogen (secondary N) is 1. The molecular weight excluding hydrogens is 647 g/mol. The van der Waals surface area contributed by atoms with E-state index in [2.05, 4.69) is 30.4 Å². The molecule has 1 saturated heterocycles. The third kappa shape index (κ3) is 6.05. The number of fused-ring (bicyclic) bond motifs is 1. The second-order valence-corrected chi connectivity index (χ2v) is 13.5. The Kier molecular flexibility index (Phi) is 8.65. The molecule has 2 aliphatic heterocycles. The molecule has 4 aromatic heterocycles. The fraction of sp³-hybridized carbons (Fsp3) is 0.231. The van der Waals surface area contributed by atoms with Gasteiger partial charge in [-0.15, -0.1) is 34.4 Å². The number of thiazole rings is 2. The van der Waals surface area contributed by atoms with Crippen LogP contribution in [0.15, 0.2) is 68.6 Å². The molecule has 0 spiro atoms. The summed E-state index contributed by atoms with van der Waals surface area (Å²) in [6.07, 6.45) is 7.15. The van der Waals surface area contributed by atoms with Crippen LogP contribution in [0.3, 0.4) is 0 Å². The number of nitrogen functional groups attached to an aromatic ring is 1. The van der Waals surface area contributed by atoms with E-state index in [0.29, 0.717) is 23.6 Å². The number of oxime groups is 1. The van der Waals surface area contributed by atoms with Gasteiger partial charge in [0.1, 0.15) is 29.9 Å². The van der Waals surface area contributed by atoms with E-state index in [9.17, 15) is 19.5 Å². The van der Waals surface area contributed by atoms with Crippen molar-refractivity contribution in [2.75, 3.05) is 24.3 Å². The Morgan fingerprint density at radius 1 is 1.30 bits per heavy atom. The number of β-lactam (4-membered cyclic amide) rings is 1. The highest BCUT2D eigenvalue weighted by atomic mass is 32.2. The maximum absolute atomic E-state index is 13.1. The Morgan fingerprint density at radius 2 is 2.16 bits per heavy atom. The molecule has 14 nitrogen and oxygen atoms in total. The van der Waals surface area contributed by atoms with Crippen LogP contribution in [0.1, 0.15) is 11.4 Å². The third-order valence-corrected chi connectivity index (χ3v) is 10.7. The van der Waals surface area contributed by atoms with Crippen LogP contribution in [-0.4, -0.2) is 88.0 Å². The number of imidazole rings is 1. The van der Waals surface area contributed by atoms with Crippen LogP contribution in [0, 0.1) is 0 Å². The minimum Gasteiger partial charge on any atom is -0.477 e. The topological polar surface area (TPSA) is 191 Å². The number of aromatic nitrogens is 5. The zero-order valence-corrected chi connectivity index (χ0v) is 26.1. The van der Waals surface area contributed by atoms with Gasteiger partial charge in [0, 0.05) is 46.4 Å². The smallest absolute Gasteiger partial charge is 0.352 e.